The first-order valence-electron chi connectivity index (χ1n) is 15.5. The van der Waals surface area contributed by atoms with Crippen LogP contribution in [0.25, 0.3) is 5.65 Å². The number of rotatable bonds is 5. The van der Waals surface area contributed by atoms with Crippen LogP contribution in [0.4, 0.5) is 0 Å². The predicted molar refractivity (Wildman–Crippen MR) is 186 cm³/mol. The van der Waals surface area contributed by atoms with Crippen LogP contribution in [0.3, 0.4) is 0 Å². The van der Waals surface area contributed by atoms with E-state index < -0.39 is 16.5 Å². The van der Waals surface area contributed by atoms with Crippen LogP contribution in [0.1, 0.15) is 93.5 Å². The van der Waals surface area contributed by atoms with Gasteiger partial charge in [-0.15, -0.1) is 0 Å². The number of fused-ring (bicyclic) bond motifs is 1. The molecule has 2 aromatic heterocycles. The number of nitrogens with zero attached hydrogens (tertiary/aromatic N) is 4. The molecule has 0 bridgehead atoms. The van der Waals surface area contributed by atoms with Gasteiger partial charge in [0.05, 0.1) is 34.9 Å². The van der Waals surface area contributed by atoms with Crippen molar-refractivity contribution >= 4 is 55.6 Å². The second-order valence-corrected chi connectivity index (χ2v) is 27.5. The van der Waals surface area contributed by atoms with Gasteiger partial charge in [-0.05, 0) is 27.1 Å². The van der Waals surface area contributed by atoms with Gasteiger partial charge in [-0.25, -0.2) is 4.98 Å². The number of halogens is 1. The zero-order valence-corrected chi connectivity index (χ0v) is 32.8. The molecule has 10 heteroatoms. The van der Waals surface area contributed by atoms with E-state index in [2.05, 4.69) is 138 Å². The van der Waals surface area contributed by atoms with Gasteiger partial charge in [-0.3, -0.25) is 14.4 Å². The molecule has 7 nitrogen and oxygen atoms in total. The lowest BCUT2D eigenvalue weighted by Gasteiger charge is -2.57. The normalized spacial score (nSPS) is 23.5. The van der Waals surface area contributed by atoms with Crippen LogP contribution < -0.4 is 0 Å². The second-order valence-electron chi connectivity index (χ2n) is 16.7. The van der Waals surface area contributed by atoms with E-state index in [-0.39, 0.29) is 57.0 Å². The van der Waals surface area contributed by atoms with Gasteiger partial charge < -0.3 is 13.5 Å². The highest BCUT2D eigenvalue weighted by molar-refractivity contribution is 9.09. The molecule has 240 valence electrons. The van der Waals surface area contributed by atoms with E-state index in [0.717, 1.165) is 11.3 Å². The minimum atomic E-state index is -1.93. The van der Waals surface area contributed by atoms with Crippen LogP contribution in [0.2, 0.25) is 36.3 Å². The van der Waals surface area contributed by atoms with Gasteiger partial charge in [-0.2, -0.15) is 0 Å². The highest BCUT2D eigenvalue weighted by atomic mass is 79.9. The highest BCUT2D eigenvalue weighted by Gasteiger charge is 2.58. The maximum absolute atomic E-state index is 12.8. The summed E-state index contributed by atoms with van der Waals surface area (Å²) in [5, 5.41) is 0.535. The fourth-order valence-electron chi connectivity index (χ4n) is 5.72. The van der Waals surface area contributed by atoms with Crippen LogP contribution >= 0.6 is 15.9 Å². The summed E-state index contributed by atoms with van der Waals surface area (Å²) in [6.07, 6.45) is 4.30. The molecular weight excluding hydrogens is 636 g/mol. The van der Waals surface area contributed by atoms with Crippen molar-refractivity contribution in [2.45, 2.75) is 130 Å². The first-order chi connectivity index (χ1) is 19.3. The van der Waals surface area contributed by atoms with E-state index in [4.69, 9.17) is 4.98 Å². The van der Waals surface area contributed by atoms with Crippen molar-refractivity contribution in [1.29, 1.82) is 0 Å². The molecular formula is C33H55BrN4O3Si2. The van der Waals surface area contributed by atoms with Crippen molar-refractivity contribution < 1.29 is 14.4 Å². The molecule has 2 saturated heterocycles. The van der Waals surface area contributed by atoms with Crippen LogP contribution in [0.15, 0.2) is 24.5 Å². The summed E-state index contributed by atoms with van der Waals surface area (Å²) in [5.41, 5.74) is 3.36. The average molecular weight is 692 g/mol. The summed E-state index contributed by atoms with van der Waals surface area (Å²) in [6.45, 7) is 32.8. The molecule has 2 aliphatic rings. The Bertz CT molecular complexity index is 1400. The number of amides is 2. The molecule has 4 atom stereocenters. The Kier molecular flexibility index (Phi) is 9.58. The number of hydrogen-bond acceptors (Lipinski definition) is 4. The lowest BCUT2D eigenvalue weighted by molar-refractivity contribution is -0.152. The predicted octanol–water partition coefficient (Wildman–Crippen LogP) is 7.96. The number of pyridine rings is 1. The minimum absolute atomic E-state index is 0.0103. The number of carbonyl (C=O) groups is 3. The Hall–Kier alpha value is -1.79. The first-order valence-corrected chi connectivity index (χ1v) is 22.6. The molecule has 2 amide bonds. The summed E-state index contributed by atoms with van der Waals surface area (Å²) >= 11 is 3.21. The number of β-lactam (4-membered cyclic amide) rings is 2. The SMILES string of the molecule is C[C@H]1C(=O)N([Si](C)(C)C(C)(C)C)[C@@H]1C(=O)CBr.C[C@H]1C(=O)N([Si](C)(C)C(C)(C)C)[C@@H]1c1cn2cc(C(C)(C)C)ccc2n1. The largest absolute Gasteiger partial charge is 0.360 e. The van der Waals surface area contributed by atoms with Crippen molar-refractivity contribution in [3.8, 4) is 0 Å². The topological polar surface area (TPSA) is 75.0 Å². The summed E-state index contributed by atoms with van der Waals surface area (Å²) in [4.78, 5) is 41.6. The number of alkyl halides is 1. The molecule has 2 aliphatic heterocycles. The third-order valence-electron chi connectivity index (χ3n) is 10.7. The van der Waals surface area contributed by atoms with E-state index in [1.54, 1.807) is 0 Å². The van der Waals surface area contributed by atoms with Crippen molar-refractivity contribution in [2.75, 3.05) is 5.33 Å². The third-order valence-corrected chi connectivity index (χ3v) is 22.0. The zero-order chi connectivity index (χ0) is 33.2. The number of Topliss-reactive ketones (excluding diaryl/α,β-unsaturated/α-hetero) is 1. The van der Waals surface area contributed by atoms with E-state index in [9.17, 15) is 14.4 Å². The van der Waals surface area contributed by atoms with Crippen LogP contribution in [-0.4, -0.2) is 64.0 Å². The van der Waals surface area contributed by atoms with E-state index in [1.807, 2.05) is 18.4 Å². The second kappa shape index (κ2) is 11.5. The monoisotopic (exact) mass is 690 g/mol. The van der Waals surface area contributed by atoms with Crippen LogP contribution in [0, 0.1) is 11.8 Å². The van der Waals surface area contributed by atoms with Gasteiger partial charge in [0, 0.05) is 12.4 Å². The summed E-state index contributed by atoms with van der Waals surface area (Å²) < 4.78 is 6.21. The Morgan fingerprint density at radius 1 is 0.814 bits per heavy atom. The molecule has 43 heavy (non-hydrogen) atoms. The quantitative estimate of drug-likeness (QED) is 0.181. The Balaban J connectivity index is 0.000000259. The van der Waals surface area contributed by atoms with Crippen LogP contribution in [0.5, 0.6) is 0 Å². The Morgan fingerprint density at radius 3 is 1.77 bits per heavy atom. The van der Waals surface area contributed by atoms with Crippen molar-refractivity contribution in [2.24, 2.45) is 11.8 Å². The lowest BCUT2D eigenvalue weighted by atomic mass is 9.88. The van der Waals surface area contributed by atoms with Crippen molar-refractivity contribution in [1.82, 2.24) is 18.5 Å². The molecule has 0 spiro atoms. The zero-order valence-electron chi connectivity index (χ0n) is 29.2. The Morgan fingerprint density at radius 2 is 1.30 bits per heavy atom. The molecule has 0 saturated carbocycles. The van der Waals surface area contributed by atoms with Crippen molar-refractivity contribution in [3.63, 3.8) is 0 Å². The van der Waals surface area contributed by atoms with Gasteiger partial charge >= 0.3 is 0 Å². The molecule has 2 fully saturated rings. The molecule has 4 heterocycles. The molecule has 0 radical (unpaired) electrons. The minimum Gasteiger partial charge on any atom is -0.360 e. The molecule has 0 aromatic carbocycles. The number of imidazole rings is 1. The van der Waals surface area contributed by atoms with Crippen LogP contribution in [-0.2, 0) is 19.8 Å². The maximum atomic E-state index is 12.8. The summed E-state index contributed by atoms with van der Waals surface area (Å²) in [5.74, 6) is 0.428. The molecule has 0 N–H and O–H groups in total. The van der Waals surface area contributed by atoms with E-state index in [0.29, 0.717) is 5.33 Å². The van der Waals surface area contributed by atoms with Gasteiger partial charge in [0.2, 0.25) is 11.8 Å². The molecule has 0 unspecified atom stereocenters. The van der Waals surface area contributed by atoms with E-state index >= 15 is 0 Å². The van der Waals surface area contributed by atoms with Crippen molar-refractivity contribution in [3.05, 3.63) is 35.8 Å². The summed E-state index contributed by atoms with van der Waals surface area (Å²) in [7, 11) is -3.85. The lowest BCUT2D eigenvalue weighted by Crippen LogP contribution is -2.74. The first kappa shape index (κ1) is 35.7. The maximum Gasteiger partial charge on any atom is 0.220 e. The molecule has 2 aromatic rings. The number of hydrogen-bond donors (Lipinski definition) is 0. The Labute approximate surface area is 270 Å². The number of carbonyl (C=O) groups excluding carboxylic acids is 3. The van der Waals surface area contributed by atoms with Gasteiger partial charge in [0.1, 0.15) is 5.65 Å². The average Bonchev–Trinajstić information content (AvgIpc) is 3.29. The molecule has 0 aliphatic carbocycles. The standard InChI is InChI=1S/C21H33N3OSi.C12H22BrNO2Si/c1-14-18(24(19(14)25)26(8,9)21(5,6)7)16-13-23-12-15(20(2,3)4)10-11-17(23)22-16;1-8-10(9(15)7-13)14(11(8)16)17(5,6)12(2,3)4/h10-14,18H,1-9H3;8,10H,7H2,1-6H3/t14-,18+;8-,10+/m11/s1. The third kappa shape index (κ3) is 6.21. The van der Waals surface area contributed by atoms with Gasteiger partial charge in [-0.1, -0.05) is 124 Å². The van der Waals surface area contributed by atoms with Gasteiger partial charge in [0.25, 0.3) is 0 Å². The van der Waals surface area contributed by atoms with E-state index in [1.165, 1.54) is 5.56 Å². The highest BCUT2D eigenvalue weighted by Crippen LogP contribution is 2.50. The summed E-state index contributed by atoms with van der Waals surface area (Å²) in [6, 6.07) is 4.14. The van der Waals surface area contributed by atoms with Gasteiger partial charge in [0.15, 0.2) is 22.3 Å². The fourth-order valence-corrected chi connectivity index (χ4v) is 11.1. The number of ketones is 1. The smallest absolute Gasteiger partial charge is 0.220 e. The fraction of sp³-hybridized carbons (Fsp3) is 0.697. The molecule has 4 rings (SSSR count). The number of aromatic nitrogens is 2.